The van der Waals surface area contributed by atoms with E-state index >= 15 is 0 Å². The van der Waals surface area contributed by atoms with Crippen LogP contribution >= 0.6 is 0 Å². The summed E-state index contributed by atoms with van der Waals surface area (Å²) >= 11 is 0. The predicted octanol–water partition coefficient (Wildman–Crippen LogP) is 3.20. The van der Waals surface area contributed by atoms with Gasteiger partial charge in [0.1, 0.15) is 0 Å². The maximum atomic E-state index is 10.5. The van der Waals surface area contributed by atoms with Crippen LogP contribution in [0.1, 0.15) is 56.7 Å². The number of hydrogen-bond acceptors (Lipinski definition) is 2. The average molecular weight is 259 g/mol. The molecule has 2 aliphatic carbocycles. The zero-order chi connectivity index (χ0) is 13.5. The molecule has 1 aromatic rings. The number of fused-ring (bicyclic) bond motifs is 1. The molecular formula is C17H25NO. The molecular weight excluding hydrogens is 234 g/mol. The van der Waals surface area contributed by atoms with E-state index < -0.39 is 5.60 Å². The minimum atomic E-state index is -0.465. The molecule has 0 amide bonds. The Hall–Kier alpha value is -0.860. The van der Waals surface area contributed by atoms with Crippen LogP contribution in [0.4, 0.5) is 0 Å². The number of rotatable bonds is 3. The van der Waals surface area contributed by atoms with Gasteiger partial charge >= 0.3 is 0 Å². The van der Waals surface area contributed by atoms with E-state index in [4.69, 9.17) is 0 Å². The molecule has 2 N–H and O–H groups in total. The zero-order valence-corrected chi connectivity index (χ0v) is 12.1. The van der Waals surface area contributed by atoms with E-state index in [-0.39, 0.29) is 5.41 Å². The van der Waals surface area contributed by atoms with Crippen LogP contribution < -0.4 is 5.32 Å². The van der Waals surface area contributed by atoms with E-state index in [1.807, 2.05) is 0 Å². The minimum absolute atomic E-state index is 0.235. The Balaban J connectivity index is 1.76. The second-order valence-corrected chi connectivity index (χ2v) is 7.11. The summed E-state index contributed by atoms with van der Waals surface area (Å²) in [6.07, 6.45) is 5.37. The lowest BCUT2D eigenvalue weighted by molar-refractivity contribution is 0.0401. The quantitative estimate of drug-likeness (QED) is 0.873. The summed E-state index contributed by atoms with van der Waals surface area (Å²) in [5.41, 5.74) is 2.66. The molecule has 0 aliphatic heterocycles. The van der Waals surface area contributed by atoms with Crippen molar-refractivity contribution in [2.45, 2.75) is 57.6 Å². The van der Waals surface area contributed by atoms with Gasteiger partial charge in [-0.15, -0.1) is 0 Å². The lowest BCUT2D eigenvalue weighted by Gasteiger charge is -2.32. The van der Waals surface area contributed by atoms with Crippen molar-refractivity contribution in [2.75, 3.05) is 6.54 Å². The summed E-state index contributed by atoms with van der Waals surface area (Å²) in [4.78, 5) is 0. The van der Waals surface area contributed by atoms with E-state index in [1.165, 1.54) is 24.0 Å². The molecule has 2 aliphatic rings. The second kappa shape index (κ2) is 4.60. The van der Waals surface area contributed by atoms with Crippen molar-refractivity contribution in [1.82, 2.24) is 5.32 Å². The van der Waals surface area contributed by atoms with Gasteiger partial charge in [0, 0.05) is 12.6 Å². The Morgan fingerprint density at radius 1 is 1.21 bits per heavy atom. The highest BCUT2D eigenvalue weighted by Gasteiger charge is 2.40. The van der Waals surface area contributed by atoms with E-state index in [9.17, 15) is 5.11 Å². The molecule has 0 spiro atoms. The van der Waals surface area contributed by atoms with Crippen LogP contribution in [0.25, 0.3) is 0 Å². The Morgan fingerprint density at radius 2 is 1.89 bits per heavy atom. The summed E-state index contributed by atoms with van der Waals surface area (Å²) in [6, 6.07) is 9.10. The van der Waals surface area contributed by atoms with Gasteiger partial charge in [-0.05, 0) is 35.8 Å². The number of nitrogens with one attached hydrogen (secondary N) is 1. The van der Waals surface area contributed by atoms with Crippen molar-refractivity contribution < 1.29 is 5.11 Å². The first kappa shape index (κ1) is 13.1. The Kier molecular flexibility index (Phi) is 3.18. The van der Waals surface area contributed by atoms with Gasteiger partial charge in [0.25, 0.3) is 0 Å². The van der Waals surface area contributed by atoms with E-state index in [2.05, 4.69) is 43.4 Å². The first-order valence-electron chi connectivity index (χ1n) is 7.54. The summed E-state index contributed by atoms with van der Waals surface area (Å²) in [6.45, 7) is 5.38. The first-order valence-corrected chi connectivity index (χ1v) is 7.54. The van der Waals surface area contributed by atoms with Crippen molar-refractivity contribution >= 4 is 0 Å². The maximum Gasteiger partial charge on any atom is 0.0771 e. The Bertz CT molecular complexity index is 460. The van der Waals surface area contributed by atoms with Crippen molar-refractivity contribution in [1.29, 1.82) is 0 Å². The normalized spacial score (nSPS) is 27.4. The third-order valence-corrected chi connectivity index (χ3v) is 4.96. The van der Waals surface area contributed by atoms with Gasteiger partial charge in [-0.2, -0.15) is 0 Å². The maximum absolute atomic E-state index is 10.5. The van der Waals surface area contributed by atoms with Crippen LogP contribution in [0, 0.1) is 5.41 Å². The molecule has 3 rings (SSSR count). The smallest absolute Gasteiger partial charge is 0.0771 e. The highest BCUT2D eigenvalue weighted by molar-refractivity contribution is 5.37. The average Bonchev–Trinajstić information content (AvgIpc) is 2.88. The van der Waals surface area contributed by atoms with Gasteiger partial charge in [0.05, 0.1) is 5.60 Å². The molecule has 1 unspecified atom stereocenters. The first-order chi connectivity index (χ1) is 9.00. The number of benzene rings is 1. The molecule has 2 heteroatoms. The molecule has 0 bridgehead atoms. The number of aliphatic hydroxyl groups is 1. The summed E-state index contributed by atoms with van der Waals surface area (Å²) in [5, 5.41) is 14.2. The van der Waals surface area contributed by atoms with E-state index in [1.54, 1.807) is 0 Å². The van der Waals surface area contributed by atoms with Gasteiger partial charge in [-0.1, -0.05) is 51.0 Å². The van der Waals surface area contributed by atoms with E-state index in [0.717, 1.165) is 25.8 Å². The molecule has 1 saturated carbocycles. The van der Waals surface area contributed by atoms with Crippen molar-refractivity contribution in [2.24, 2.45) is 5.41 Å². The van der Waals surface area contributed by atoms with Gasteiger partial charge in [0.2, 0.25) is 0 Å². The Labute approximate surface area is 116 Å². The highest BCUT2D eigenvalue weighted by atomic mass is 16.3. The molecule has 0 heterocycles. The van der Waals surface area contributed by atoms with Crippen molar-refractivity contribution in [3.8, 4) is 0 Å². The van der Waals surface area contributed by atoms with Gasteiger partial charge in [0.15, 0.2) is 0 Å². The summed E-state index contributed by atoms with van der Waals surface area (Å²) < 4.78 is 0. The lowest BCUT2D eigenvalue weighted by Crippen LogP contribution is -2.42. The summed E-state index contributed by atoms with van der Waals surface area (Å²) in [5.74, 6) is 0. The summed E-state index contributed by atoms with van der Waals surface area (Å²) in [7, 11) is 0. The van der Waals surface area contributed by atoms with Crippen molar-refractivity contribution in [3.63, 3.8) is 0 Å². The molecule has 104 valence electrons. The zero-order valence-electron chi connectivity index (χ0n) is 12.1. The molecule has 1 atom stereocenters. The molecule has 1 aromatic carbocycles. The van der Waals surface area contributed by atoms with Crippen molar-refractivity contribution in [3.05, 3.63) is 35.4 Å². The fourth-order valence-corrected chi connectivity index (χ4v) is 3.88. The predicted molar refractivity (Wildman–Crippen MR) is 78.1 cm³/mol. The van der Waals surface area contributed by atoms with E-state index in [0.29, 0.717) is 6.04 Å². The fourth-order valence-electron chi connectivity index (χ4n) is 3.88. The fraction of sp³-hybridized carbons (Fsp3) is 0.647. The molecule has 0 aromatic heterocycles. The third-order valence-electron chi connectivity index (χ3n) is 4.96. The minimum Gasteiger partial charge on any atom is -0.389 e. The molecule has 0 saturated heterocycles. The molecule has 19 heavy (non-hydrogen) atoms. The van der Waals surface area contributed by atoms with Crippen LogP contribution in [0.3, 0.4) is 0 Å². The topological polar surface area (TPSA) is 32.3 Å². The second-order valence-electron chi connectivity index (χ2n) is 7.11. The van der Waals surface area contributed by atoms with Crippen LogP contribution in [0.2, 0.25) is 0 Å². The molecule has 2 nitrogen and oxygen atoms in total. The van der Waals surface area contributed by atoms with Crippen LogP contribution in [-0.4, -0.2) is 17.3 Å². The van der Waals surface area contributed by atoms with Crippen LogP contribution in [0.15, 0.2) is 24.3 Å². The standard InChI is InChI=1S/C17H25NO/c1-16(2)11-13-7-3-4-8-14(13)15(16)18-12-17(19)9-5-6-10-17/h3-4,7-8,15,18-19H,5-6,9-12H2,1-2H3. The third kappa shape index (κ3) is 2.44. The molecule has 1 fully saturated rings. The molecule has 0 radical (unpaired) electrons. The number of hydrogen-bond donors (Lipinski definition) is 2. The monoisotopic (exact) mass is 259 g/mol. The van der Waals surface area contributed by atoms with Crippen LogP contribution in [-0.2, 0) is 6.42 Å². The van der Waals surface area contributed by atoms with Crippen LogP contribution in [0.5, 0.6) is 0 Å². The van der Waals surface area contributed by atoms with Gasteiger partial charge < -0.3 is 10.4 Å². The largest absolute Gasteiger partial charge is 0.389 e. The Morgan fingerprint density at radius 3 is 2.63 bits per heavy atom. The lowest BCUT2D eigenvalue weighted by atomic mass is 9.85. The highest BCUT2D eigenvalue weighted by Crippen LogP contribution is 2.45. The SMILES string of the molecule is CC1(C)Cc2ccccc2C1NCC1(O)CCCC1. The van der Waals surface area contributed by atoms with Gasteiger partial charge in [-0.3, -0.25) is 0 Å². The van der Waals surface area contributed by atoms with Gasteiger partial charge in [-0.25, -0.2) is 0 Å².